The van der Waals surface area contributed by atoms with Gasteiger partial charge in [-0.3, -0.25) is 19.9 Å². The fraction of sp³-hybridized carbons (Fsp3) is 0. The van der Waals surface area contributed by atoms with Crippen molar-refractivity contribution in [1.82, 2.24) is 10.2 Å². The quantitative estimate of drug-likeness (QED) is 0.648. The topological polar surface area (TPSA) is 118 Å². The smallest absolute Gasteiger partial charge is 0.275 e. The Hall–Kier alpha value is -2.49. The monoisotopic (exact) mass is 286 g/mol. The zero-order valence-electron chi connectivity index (χ0n) is 9.20. The fourth-order valence-corrected chi connectivity index (χ4v) is 2.27. The summed E-state index contributed by atoms with van der Waals surface area (Å²) in [4.78, 5) is 9.79. The summed E-state index contributed by atoms with van der Waals surface area (Å²) in [6.07, 6.45) is 1.21. The van der Waals surface area contributed by atoms with Crippen LogP contribution in [0, 0.1) is 15.9 Å². The number of rotatable bonds is 4. The predicted octanol–water partition coefficient (Wildman–Crippen LogP) is 1.26. The maximum absolute atomic E-state index is 13.4. The first-order valence-corrected chi connectivity index (χ1v) is 6.34. The van der Waals surface area contributed by atoms with Gasteiger partial charge in [-0.25, -0.2) is 4.39 Å². The lowest BCUT2D eigenvalue weighted by Crippen LogP contribution is -2.14. The Kier molecular flexibility index (Phi) is 3.17. The first-order chi connectivity index (χ1) is 8.90. The van der Waals surface area contributed by atoms with Crippen molar-refractivity contribution in [2.75, 3.05) is 4.72 Å². The molecule has 0 spiro atoms. The minimum atomic E-state index is -4.07. The highest BCUT2D eigenvalue weighted by Crippen LogP contribution is 2.23. The van der Waals surface area contributed by atoms with E-state index in [1.54, 1.807) is 0 Å². The molecule has 0 aliphatic heterocycles. The minimum Gasteiger partial charge on any atom is -0.275 e. The molecule has 0 saturated carbocycles. The molecule has 2 rings (SSSR count). The van der Waals surface area contributed by atoms with Crippen LogP contribution in [0.4, 0.5) is 15.8 Å². The molecule has 0 saturated heterocycles. The molecular weight excluding hydrogens is 279 g/mol. The van der Waals surface area contributed by atoms with Gasteiger partial charge in [-0.2, -0.15) is 13.5 Å². The van der Waals surface area contributed by atoms with E-state index in [0.717, 1.165) is 24.3 Å². The molecule has 0 amide bonds. The Morgan fingerprint density at radius 3 is 2.68 bits per heavy atom. The molecule has 10 heteroatoms. The number of nitrogens with zero attached hydrogens (tertiary/aromatic N) is 2. The largest absolute Gasteiger partial charge is 0.278 e. The van der Waals surface area contributed by atoms with E-state index in [-0.39, 0.29) is 5.03 Å². The van der Waals surface area contributed by atoms with E-state index in [2.05, 4.69) is 10.2 Å². The highest BCUT2D eigenvalue weighted by atomic mass is 32.2. The Bertz CT molecular complexity index is 714. The van der Waals surface area contributed by atoms with Gasteiger partial charge in [0.25, 0.3) is 15.7 Å². The van der Waals surface area contributed by atoms with Crippen LogP contribution >= 0.6 is 0 Å². The van der Waals surface area contributed by atoms with E-state index in [4.69, 9.17) is 0 Å². The second-order valence-corrected chi connectivity index (χ2v) is 5.10. The van der Waals surface area contributed by atoms with Crippen LogP contribution in [0.15, 0.2) is 35.5 Å². The van der Waals surface area contributed by atoms with Crippen molar-refractivity contribution < 1.29 is 17.7 Å². The van der Waals surface area contributed by atoms with Gasteiger partial charge in [0.1, 0.15) is 5.82 Å². The Morgan fingerprint density at radius 2 is 2.11 bits per heavy atom. The van der Waals surface area contributed by atoms with Gasteiger partial charge in [0.05, 0.1) is 16.8 Å². The zero-order valence-corrected chi connectivity index (χ0v) is 10.0. The van der Waals surface area contributed by atoms with Gasteiger partial charge in [-0.15, -0.1) is 0 Å². The number of anilines is 1. The zero-order chi connectivity index (χ0) is 14.0. The van der Waals surface area contributed by atoms with Crippen LogP contribution in [-0.2, 0) is 10.0 Å². The van der Waals surface area contributed by atoms with Crippen molar-refractivity contribution in [3.8, 4) is 0 Å². The lowest BCUT2D eigenvalue weighted by molar-refractivity contribution is -0.384. The van der Waals surface area contributed by atoms with Crippen molar-refractivity contribution in [3.63, 3.8) is 0 Å². The fourth-order valence-electron chi connectivity index (χ4n) is 1.30. The third kappa shape index (κ3) is 2.68. The number of nitro benzene ring substituents is 1. The number of hydrogen-bond acceptors (Lipinski definition) is 5. The number of non-ortho nitro benzene ring substituents is 1. The minimum absolute atomic E-state index is 0.279. The van der Waals surface area contributed by atoms with Gasteiger partial charge in [0, 0.05) is 12.1 Å². The van der Waals surface area contributed by atoms with Crippen LogP contribution in [0.5, 0.6) is 0 Å². The molecule has 2 N–H and O–H groups in total. The van der Waals surface area contributed by atoms with Crippen molar-refractivity contribution in [2.24, 2.45) is 0 Å². The number of benzene rings is 1. The molecule has 1 aromatic carbocycles. The first-order valence-electron chi connectivity index (χ1n) is 4.86. The van der Waals surface area contributed by atoms with E-state index < -0.39 is 32.1 Å². The maximum Gasteiger partial charge on any atom is 0.278 e. The average molecular weight is 286 g/mol. The summed E-state index contributed by atoms with van der Waals surface area (Å²) >= 11 is 0. The van der Waals surface area contributed by atoms with E-state index in [0.29, 0.717) is 0 Å². The number of hydrogen-bond donors (Lipinski definition) is 2. The third-order valence-corrected chi connectivity index (χ3v) is 3.46. The van der Waals surface area contributed by atoms with Gasteiger partial charge in [-0.05, 0) is 12.1 Å². The summed E-state index contributed by atoms with van der Waals surface area (Å²) in [6.45, 7) is 0. The Morgan fingerprint density at radius 1 is 1.37 bits per heavy atom. The molecule has 0 bridgehead atoms. The summed E-state index contributed by atoms with van der Waals surface area (Å²) in [7, 11) is -4.07. The number of nitro groups is 1. The molecule has 19 heavy (non-hydrogen) atoms. The van der Waals surface area contributed by atoms with Crippen LogP contribution in [0.2, 0.25) is 0 Å². The van der Waals surface area contributed by atoms with Crippen LogP contribution in [-0.4, -0.2) is 23.5 Å². The van der Waals surface area contributed by atoms with Crippen LogP contribution in [0.3, 0.4) is 0 Å². The highest BCUT2D eigenvalue weighted by Gasteiger charge is 2.19. The summed E-state index contributed by atoms with van der Waals surface area (Å²) in [5, 5.41) is 15.9. The molecule has 1 aromatic heterocycles. The summed E-state index contributed by atoms with van der Waals surface area (Å²) in [5.41, 5.74) is -0.937. The van der Waals surface area contributed by atoms with Crippen molar-refractivity contribution >= 4 is 21.4 Å². The normalized spacial score (nSPS) is 11.2. The van der Waals surface area contributed by atoms with Crippen LogP contribution < -0.4 is 4.72 Å². The molecule has 100 valence electrons. The van der Waals surface area contributed by atoms with Crippen LogP contribution in [0.25, 0.3) is 0 Å². The van der Waals surface area contributed by atoms with Gasteiger partial charge in [-0.1, -0.05) is 0 Å². The number of sulfonamides is 1. The number of halogens is 1. The standard InChI is InChI=1S/C9H7FN4O4S/c10-7-2-1-6(14(15)16)5-8(7)13-19(17,18)9-3-4-11-12-9/h1-5,13H,(H,11,12). The third-order valence-electron chi connectivity index (χ3n) is 2.17. The number of nitrogens with one attached hydrogen (secondary N) is 2. The Labute approximate surface area is 106 Å². The second-order valence-electron chi connectivity index (χ2n) is 3.45. The maximum atomic E-state index is 13.4. The lowest BCUT2D eigenvalue weighted by Gasteiger charge is -2.06. The molecule has 0 aliphatic rings. The van der Waals surface area contributed by atoms with E-state index in [1.165, 1.54) is 6.20 Å². The number of aromatic amines is 1. The first kappa shape index (κ1) is 13.0. The molecule has 8 nitrogen and oxygen atoms in total. The number of H-pyrrole nitrogens is 1. The molecule has 1 heterocycles. The molecule has 0 atom stereocenters. The lowest BCUT2D eigenvalue weighted by atomic mass is 10.3. The highest BCUT2D eigenvalue weighted by molar-refractivity contribution is 7.92. The molecule has 0 unspecified atom stereocenters. The molecule has 0 radical (unpaired) electrons. The van der Waals surface area contributed by atoms with Crippen molar-refractivity contribution in [1.29, 1.82) is 0 Å². The summed E-state index contributed by atoms with van der Waals surface area (Å²) < 4.78 is 38.9. The average Bonchev–Trinajstić information content (AvgIpc) is 2.85. The molecule has 2 aromatic rings. The summed E-state index contributed by atoms with van der Waals surface area (Å²) in [5.74, 6) is -0.923. The van der Waals surface area contributed by atoms with Gasteiger partial charge in [0.2, 0.25) is 0 Å². The van der Waals surface area contributed by atoms with Gasteiger partial charge >= 0.3 is 0 Å². The Balaban J connectivity index is 2.39. The molecule has 0 fully saturated rings. The SMILES string of the molecule is O=[N+]([O-])c1ccc(F)c(NS(=O)(=O)c2ccn[nH]2)c1. The van der Waals surface area contributed by atoms with Gasteiger partial charge < -0.3 is 0 Å². The number of aromatic nitrogens is 2. The van der Waals surface area contributed by atoms with E-state index >= 15 is 0 Å². The van der Waals surface area contributed by atoms with Gasteiger partial charge in [0.15, 0.2) is 5.03 Å². The van der Waals surface area contributed by atoms with Crippen molar-refractivity contribution in [2.45, 2.75) is 5.03 Å². The summed E-state index contributed by atoms with van der Waals surface area (Å²) in [6, 6.07) is 3.70. The van der Waals surface area contributed by atoms with E-state index in [1.807, 2.05) is 4.72 Å². The van der Waals surface area contributed by atoms with Crippen LogP contribution in [0.1, 0.15) is 0 Å². The molecule has 0 aliphatic carbocycles. The second kappa shape index (κ2) is 4.65. The molecular formula is C9H7FN4O4S. The van der Waals surface area contributed by atoms with Crippen molar-refractivity contribution in [3.05, 3.63) is 46.4 Å². The van der Waals surface area contributed by atoms with E-state index in [9.17, 15) is 22.9 Å². The predicted molar refractivity (Wildman–Crippen MR) is 62.5 cm³/mol.